The van der Waals surface area contributed by atoms with Gasteiger partial charge in [0.05, 0.1) is 24.3 Å². The minimum absolute atomic E-state index is 0.0258. The van der Waals surface area contributed by atoms with Gasteiger partial charge in [0, 0.05) is 42.1 Å². The Kier molecular flexibility index (Phi) is 17.4. The van der Waals surface area contributed by atoms with Gasteiger partial charge in [0.25, 0.3) is 0 Å². The summed E-state index contributed by atoms with van der Waals surface area (Å²) in [5.74, 6) is -0.188. The molecule has 4 rings (SSSR count). The summed E-state index contributed by atoms with van der Waals surface area (Å²) in [6.07, 6.45) is 2.25. The maximum absolute atomic E-state index is 12.3. The lowest BCUT2D eigenvalue weighted by Gasteiger charge is -2.19. The molecule has 0 saturated heterocycles. The number of esters is 2. The largest absolute Gasteiger partial charge is 0.507 e. The van der Waals surface area contributed by atoms with E-state index in [9.17, 15) is 19.8 Å². The van der Waals surface area contributed by atoms with Gasteiger partial charge in [0.2, 0.25) is 0 Å². The van der Waals surface area contributed by atoms with Gasteiger partial charge >= 0.3 is 11.9 Å². The Balaban J connectivity index is 1.65. The van der Waals surface area contributed by atoms with Crippen molar-refractivity contribution in [1.82, 2.24) is 15.0 Å². The van der Waals surface area contributed by atoms with Crippen LogP contribution in [0.4, 0.5) is 0 Å². The van der Waals surface area contributed by atoms with E-state index >= 15 is 0 Å². The third kappa shape index (κ3) is 13.6. The lowest BCUT2D eigenvalue weighted by molar-refractivity contribution is -0.150. The van der Waals surface area contributed by atoms with Gasteiger partial charge in [-0.15, -0.1) is 0 Å². The maximum atomic E-state index is 12.3. The molecule has 13 nitrogen and oxygen atoms in total. The lowest BCUT2D eigenvalue weighted by Crippen LogP contribution is -2.30. The number of benzene rings is 3. The zero-order valence-electron chi connectivity index (χ0n) is 35.3. The molecule has 0 bridgehead atoms. The van der Waals surface area contributed by atoms with Crippen molar-refractivity contribution in [2.24, 2.45) is 0 Å². The van der Waals surface area contributed by atoms with Crippen molar-refractivity contribution in [2.45, 2.75) is 86.4 Å². The number of aryl methyl sites for hydroxylation is 3. The summed E-state index contributed by atoms with van der Waals surface area (Å²) in [7, 11) is 0. The van der Waals surface area contributed by atoms with Gasteiger partial charge in [0.15, 0.2) is 29.7 Å². The van der Waals surface area contributed by atoms with Gasteiger partial charge in [-0.05, 0) is 82.9 Å². The lowest BCUT2D eigenvalue weighted by atomic mass is 9.99. The smallest absolute Gasteiger partial charge is 0.333 e. The zero-order valence-corrected chi connectivity index (χ0v) is 35.3. The second kappa shape index (κ2) is 22.4. The second-order valence-corrected chi connectivity index (χ2v) is 14.5. The fourth-order valence-corrected chi connectivity index (χ4v) is 5.88. The monoisotopic (exact) mass is 811 g/mol. The van der Waals surface area contributed by atoms with Gasteiger partial charge < -0.3 is 38.6 Å². The molecule has 13 heteroatoms. The van der Waals surface area contributed by atoms with E-state index in [1.54, 1.807) is 38.1 Å². The van der Waals surface area contributed by atoms with Crippen molar-refractivity contribution in [3.8, 4) is 57.2 Å². The topological polar surface area (TPSA) is 169 Å². The van der Waals surface area contributed by atoms with Crippen LogP contribution in [-0.4, -0.2) is 89.0 Å². The van der Waals surface area contributed by atoms with Crippen LogP contribution < -0.4 is 9.47 Å². The van der Waals surface area contributed by atoms with Crippen LogP contribution >= 0.6 is 0 Å². The van der Waals surface area contributed by atoms with Crippen LogP contribution in [0, 0.1) is 20.8 Å². The molecular weight excluding hydrogens is 755 g/mol. The predicted molar refractivity (Wildman–Crippen MR) is 226 cm³/mol. The summed E-state index contributed by atoms with van der Waals surface area (Å²) in [4.78, 5) is 38.9. The highest BCUT2D eigenvalue weighted by molar-refractivity contribution is 5.87. The molecule has 2 unspecified atom stereocenters. The highest BCUT2D eigenvalue weighted by Gasteiger charge is 2.22. The van der Waals surface area contributed by atoms with Crippen LogP contribution in [0.1, 0.15) is 70.1 Å². The predicted octanol–water partition coefficient (Wildman–Crippen LogP) is 8.58. The summed E-state index contributed by atoms with van der Waals surface area (Å²) in [6, 6.07) is 13.5. The van der Waals surface area contributed by atoms with E-state index in [2.05, 4.69) is 27.0 Å². The Bertz CT molecular complexity index is 1960. The van der Waals surface area contributed by atoms with E-state index in [1.807, 2.05) is 32.9 Å². The van der Waals surface area contributed by atoms with E-state index in [4.69, 9.17) is 43.4 Å². The average molecular weight is 812 g/mol. The number of hydrogen-bond acceptors (Lipinski definition) is 13. The van der Waals surface area contributed by atoms with Crippen LogP contribution in [0.5, 0.6) is 23.0 Å². The molecule has 3 aromatic carbocycles. The van der Waals surface area contributed by atoms with Gasteiger partial charge in [-0.1, -0.05) is 57.5 Å². The normalized spacial score (nSPS) is 12.1. The van der Waals surface area contributed by atoms with Gasteiger partial charge in [0.1, 0.15) is 36.2 Å². The van der Waals surface area contributed by atoms with E-state index in [0.717, 1.165) is 47.9 Å². The van der Waals surface area contributed by atoms with E-state index in [0.29, 0.717) is 30.5 Å². The number of ether oxygens (including phenoxy) is 6. The van der Waals surface area contributed by atoms with Crippen molar-refractivity contribution < 1.29 is 48.2 Å². The summed E-state index contributed by atoms with van der Waals surface area (Å²) in [5.41, 5.74) is 4.82. The van der Waals surface area contributed by atoms with Crippen LogP contribution in [-0.2, 0) is 28.5 Å². The molecule has 1 aromatic heterocycles. The van der Waals surface area contributed by atoms with Crippen LogP contribution in [0.3, 0.4) is 0 Å². The first-order chi connectivity index (χ1) is 28.2. The fourth-order valence-electron chi connectivity index (χ4n) is 5.88. The molecule has 2 atom stereocenters. The third-order valence-electron chi connectivity index (χ3n) is 8.96. The number of rotatable bonds is 23. The molecule has 4 aromatic rings. The van der Waals surface area contributed by atoms with Crippen LogP contribution in [0.25, 0.3) is 34.2 Å². The second-order valence-electron chi connectivity index (χ2n) is 14.5. The molecule has 0 fully saturated rings. The van der Waals surface area contributed by atoms with E-state index < -0.39 is 24.1 Å². The summed E-state index contributed by atoms with van der Waals surface area (Å²) in [5, 5.41) is 22.7. The number of phenolic OH excluding ortho intramolecular Hbond substituents is 2. The molecule has 0 radical (unpaired) electrons. The first-order valence-electron chi connectivity index (χ1n) is 19.9. The molecule has 2 N–H and O–H groups in total. The minimum atomic E-state index is -0.706. The number of carbonyl (C=O) groups is 2. The van der Waals surface area contributed by atoms with E-state index in [-0.39, 0.29) is 71.8 Å². The number of unbranched alkanes of at least 4 members (excludes halogenated alkanes) is 2. The van der Waals surface area contributed by atoms with Gasteiger partial charge in [-0.2, -0.15) is 0 Å². The Morgan fingerprint density at radius 1 is 0.627 bits per heavy atom. The fraction of sp³-hybridized carbons (Fsp3) is 0.413. The Morgan fingerprint density at radius 2 is 1.03 bits per heavy atom. The first kappa shape index (κ1) is 45.9. The van der Waals surface area contributed by atoms with Crippen LogP contribution in [0.15, 0.2) is 72.8 Å². The minimum Gasteiger partial charge on any atom is -0.507 e. The molecular formula is C46H57N3O10. The van der Waals surface area contributed by atoms with Crippen molar-refractivity contribution >= 4 is 11.9 Å². The van der Waals surface area contributed by atoms with E-state index in [1.165, 1.54) is 12.1 Å². The SMILES string of the molecule is C=C(C)C(=O)OC(COCCCC)COc1ccc(-c2nc(-c3ccc(OCC(COCCCC)OC(=O)C(=C)C)cc3O)nc(-c3c(C)cc(C)cc3C)n2)c(O)c1. The molecule has 59 heavy (non-hydrogen) atoms. The van der Waals surface area contributed by atoms with Crippen molar-refractivity contribution in [1.29, 1.82) is 0 Å². The number of nitrogens with zero attached hydrogens (tertiary/aromatic N) is 3. The Hall–Kier alpha value is -5.79. The van der Waals surface area contributed by atoms with Crippen LogP contribution in [0.2, 0.25) is 0 Å². The first-order valence-corrected chi connectivity index (χ1v) is 19.9. The standard InChI is InChI=1S/C46H57N3O10/c1-10-12-18-54-24-35(58-45(52)28(3)4)26-56-33-14-16-37(39(50)22-33)42-47-43(49-44(48-42)41-31(8)20-30(7)21-32(41)9)38-17-15-34(23-40(38)51)57-27-36(25-55-19-13-11-2)59-46(53)29(5)6/h14-17,20-23,35-36,50-51H,3,5,10-13,18-19,24-27H2,1-2,4,6-9H3. The Morgan fingerprint density at radius 3 is 1.41 bits per heavy atom. The molecule has 316 valence electrons. The molecule has 0 aliphatic rings. The highest BCUT2D eigenvalue weighted by Crippen LogP contribution is 2.37. The molecule has 0 spiro atoms. The van der Waals surface area contributed by atoms with Gasteiger partial charge in [-0.25, -0.2) is 24.5 Å². The third-order valence-corrected chi connectivity index (χ3v) is 8.96. The highest BCUT2D eigenvalue weighted by atomic mass is 16.6. The zero-order chi connectivity index (χ0) is 43.1. The Labute approximate surface area is 347 Å². The molecule has 1 heterocycles. The molecule has 0 amide bonds. The number of carbonyl (C=O) groups excluding carboxylic acids is 2. The number of aromatic nitrogens is 3. The molecule has 0 aliphatic carbocycles. The van der Waals surface area contributed by atoms with Gasteiger partial charge in [-0.3, -0.25) is 0 Å². The summed E-state index contributed by atoms with van der Waals surface area (Å²) < 4.78 is 34.3. The average Bonchev–Trinajstić information content (AvgIpc) is 3.18. The van der Waals surface area contributed by atoms with Crippen molar-refractivity contribution in [3.05, 3.63) is 89.5 Å². The quantitative estimate of drug-likeness (QED) is 0.0416. The van der Waals surface area contributed by atoms with Crippen molar-refractivity contribution in [2.75, 3.05) is 39.6 Å². The molecule has 0 aliphatic heterocycles. The summed E-state index contributed by atoms with van der Waals surface area (Å²) in [6.45, 7) is 21.8. The number of phenols is 2. The number of aromatic hydroxyl groups is 2. The number of hydrogen-bond donors (Lipinski definition) is 2. The van der Waals surface area contributed by atoms with Crippen molar-refractivity contribution in [3.63, 3.8) is 0 Å². The maximum Gasteiger partial charge on any atom is 0.333 e. The molecule has 0 saturated carbocycles. The summed E-state index contributed by atoms with van der Waals surface area (Å²) >= 11 is 0.